The molecule has 1 unspecified atom stereocenters. The van der Waals surface area contributed by atoms with Gasteiger partial charge in [-0.15, -0.1) is 0 Å². The molecule has 0 aromatic heterocycles. The van der Waals surface area contributed by atoms with E-state index in [4.69, 9.17) is 4.74 Å². The predicted octanol–water partition coefficient (Wildman–Crippen LogP) is 0.498. The molecule has 11 heavy (non-hydrogen) atoms. The van der Waals surface area contributed by atoms with Gasteiger partial charge in [-0.1, -0.05) is 0 Å². The Kier molecular flexibility index (Phi) is 1.44. The molecule has 0 aliphatic carbocycles. The van der Waals surface area contributed by atoms with E-state index < -0.39 is 0 Å². The Hall–Kier alpha value is -0.540. The third-order valence-electron chi connectivity index (χ3n) is 2.40. The van der Waals surface area contributed by atoms with E-state index in [-0.39, 0.29) is 5.54 Å². The average Bonchev–Trinajstić information content (AvgIpc) is 2.30. The molecular formula is C8H14N2O. The van der Waals surface area contributed by atoms with Gasteiger partial charge in [0.25, 0.3) is 0 Å². The molecule has 1 N–H and O–H groups in total. The van der Waals surface area contributed by atoms with Gasteiger partial charge in [0.05, 0.1) is 18.8 Å². The van der Waals surface area contributed by atoms with Crippen molar-refractivity contribution in [3.63, 3.8) is 0 Å². The smallest absolute Gasteiger partial charge is 0.0845 e. The topological polar surface area (TPSA) is 24.5 Å². The van der Waals surface area contributed by atoms with Gasteiger partial charge >= 0.3 is 0 Å². The molecule has 0 spiro atoms. The average molecular weight is 154 g/mol. The maximum absolute atomic E-state index is 5.19. The summed E-state index contributed by atoms with van der Waals surface area (Å²) in [5.41, 5.74) is 3.43. The van der Waals surface area contributed by atoms with E-state index in [1.54, 1.807) is 0 Å². The molecule has 3 heteroatoms. The third-order valence-corrected chi connectivity index (χ3v) is 2.40. The maximum Gasteiger partial charge on any atom is 0.0845 e. The summed E-state index contributed by atoms with van der Waals surface area (Å²) in [6.45, 7) is 6.07. The molecule has 3 nitrogen and oxygen atoms in total. The second kappa shape index (κ2) is 2.22. The van der Waals surface area contributed by atoms with Crippen LogP contribution in [0.5, 0.6) is 0 Å². The van der Waals surface area contributed by atoms with Gasteiger partial charge in [-0.05, 0) is 19.9 Å². The summed E-state index contributed by atoms with van der Waals surface area (Å²) in [4.78, 5) is 0. The number of hydrazine groups is 1. The van der Waals surface area contributed by atoms with Gasteiger partial charge in [0.1, 0.15) is 0 Å². The van der Waals surface area contributed by atoms with Crippen molar-refractivity contribution >= 4 is 0 Å². The molecule has 0 saturated carbocycles. The largest absolute Gasteiger partial charge is 0.377 e. The van der Waals surface area contributed by atoms with Gasteiger partial charge in [-0.25, -0.2) is 5.01 Å². The van der Waals surface area contributed by atoms with Gasteiger partial charge in [0, 0.05) is 12.2 Å². The van der Waals surface area contributed by atoms with Crippen LogP contribution in [-0.2, 0) is 4.74 Å². The molecule has 1 saturated heterocycles. The summed E-state index contributed by atoms with van der Waals surface area (Å²) in [6.07, 6.45) is 4.15. The number of hydrogen-bond donors (Lipinski definition) is 1. The number of nitrogens with one attached hydrogen (secondary N) is 1. The van der Waals surface area contributed by atoms with Crippen LogP contribution < -0.4 is 5.43 Å². The SMILES string of the molecule is CC1C=CNN1C1(C)COC1. The summed E-state index contributed by atoms with van der Waals surface area (Å²) < 4.78 is 5.19. The number of rotatable bonds is 1. The van der Waals surface area contributed by atoms with Crippen LogP contribution in [0, 0.1) is 0 Å². The zero-order chi connectivity index (χ0) is 7.90. The predicted molar refractivity (Wildman–Crippen MR) is 42.8 cm³/mol. The Morgan fingerprint density at radius 3 is 2.73 bits per heavy atom. The molecule has 0 aromatic rings. The highest BCUT2D eigenvalue weighted by atomic mass is 16.5. The normalized spacial score (nSPS) is 34.9. The first kappa shape index (κ1) is 7.13. The van der Waals surface area contributed by atoms with Gasteiger partial charge in [0.2, 0.25) is 0 Å². The third kappa shape index (κ3) is 0.957. The monoisotopic (exact) mass is 154 g/mol. The molecule has 0 amide bonds. The first-order valence-corrected chi connectivity index (χ1v) is 4.02. The highest BCUT2D eigenvalue weighted by Crippen LogP contribution is 2.26. The second-order valence-corrected chi connectivity index (χ2v) is 3.59. The Morgan fingerprint density at radius 1 is 1.64 bits per heavy atom. The van der Waals surface area contributed by atoms with E-state index in [0.717, 1.165) is 13.2 Å². The lowest BCUT2D eigenvalue weighted by molar-refractivity contribution is -0.146. The molecule has 2 rings (SSSR count). The number of ether oxygens (including phenoxy) is 1. The van der Waals surface area contributed by atoms with Crippen molar-refractivity contribution < 1.29 is 4.74 Å². The van der Waals surface area contributed by atoms with Crippen molar-refractivity contribution in [2.45, 2.75) is 25.4 Å². The van der Waals surface area contributed by atoms with E-state index >= 15 is 0 Å². The minimum Gasteiger partial charge on any atom is -0.377 e. The molecule has 2 aliphatic heterocycles. The fraction of sp³-hybridized carbons (Fsp3) is 0.750. The van der Waals surface area contributed by atoms with Crippen molar-refractivity contribution in [1.82, 2.24) is 10.4 Å². The van der Waals surface area contributed by atoms with Crippen molar-refractivity contribution in [2.24, 2.45) is 0 Å². The summed E-state index contributed by atoms with van der Waals surface area (Å²) in [6, 6.07) is 0.490. The van der Waals surface area contributed by atoms with E-state index in [1.165, 1.54) is 0 Å². The molecule has 2 aliphatic rings. The van der Waals surface area contributed by atoms with E-state index in [1.807, 2.05) is 6.20 Å². The van der Waals surface area contributed by atoms with Crippen molar-refractivity contribution in [2.75, 3.05) is 13.2 Å². The quantitative estimate of drug-likeness (QED) is 0.595. The minimum absolute atomic E-state index is 0.211. The summed E-state index contributed by atoms with van der Waals surface area (Å²) in [5.74, 6) is 0. The van der Waals surface area contributed by atoms with Crippen LogP contribution in [0.1, 0.15) is 13.8 Å². The zero-order valence-corrected chi connectivity index (χ0v) is 7.00. The van der Waals surface area contributed by atoms with Crippen LogP contribution in [-0.4, -0.2) is 29.8 Å². The zero-order valence-electron chi connectivity index (χ0n) is 7.00. The highest BCUT2D eigenvalue weighted by Gasteiger charge is 2.42. The van der Waals surface area contributed by atoms with Crippen LogP contribution in [0.25, 0.3) is 0 Å². The molecule has 0 aromatic carbocycles. The van der Waals surface area contributed by atoms with Crippen molar-refractivity contribution in [3.05, 3.63) is 12.3 Å². The first-order valence-electron chi connectivity index (χ1n) is 4.02. The van der Waals surface area contributed by atoms with Crippen LogP contribution in [0.3, 0.4) is 0 Å². The fourth-order valence-corrected chi connectivity index (χ4v) is 1.65. The van der Waals surface area contributed by atoms with Crippen LogP contribution in [0.4, 0.5) is 0 Å². The van der Waals surface area contributed by atoms with Gasteiger partial charge in [-0.3, -0.25) is 0 Å². The van der Waals surface area contributed by atoms with Gasteiger partial charge in [-0.2, -0.15) is 0 Å². The van der Waals surface area contributed by atoms with E-state index in [0.29, 0.717) is 6.04 Å². The molecule has 1 atom stereocenters. The Labute approximate surface area is 67.0 Å². The van der Waals surface area contributed by atoms with E-state index in [2.05, 4.69) is 30.4 Å². The maximum atomic E-state index is 5.19. The van der Waals surface area contributed by atoms with Crippen molar-refractivity contribution in [3.8, 4) is 0 Å². The van der Waals surface area contributed by atoms with Gasteiger partial charge in [0.15, 0.2) is 0 Å². The molecular weight excluding hydrogens is 140 g/mol. The number of nitrogens with zero attached hydrogens (tertiary/aromatic N) is 1. The molecule has 0 bridgehead atoms. The number of hydrogen-bond acceptors (Lipinski definition) is 3. The highest BCUT2D eigenvalue weighted by molar-refractivity contribution is 5.04. The summed E-state index contributed by atoms with van der Waals surface area (Å²) in [7, 11) is 0. The van der Waals surface area contributed by atoms with Crippen LogP contribution in [0.2, 0.25) is 0 Å². The fourth-order valence-electron chi connectivity index (χ4n) is 1.65. The standard InChI is InChI=1S/C8H14N2O/c1-7-3-4-9-10(7)8(2)5-11-6-8/h3-4,7,9H,5-6H2,1-2H3. The van der Waals surface area contributed by atoms with Crippen molar-refractivity contribution in [1.29, 1.82) is 0 Å². The molecule has 62 valence electrons. The molecule has 1 fully saturated rings. The first-order chi connectivity index (χ1) is 5.22. The Morgan fingerprint density at radius 2 is 2.36 bits per heavy atom. The minimum atomic E-state index is 0.211. The van der Waals surface area contributed by atoms with Gasteiger partial charge < -0.3 is 10.2 Å². The summed E-state index contributed by atoms with van der Waals surface area (Å²) in [5, 5.41) is 2.25. The second-order valence-electron chi connectivity index (χ2n) is 3.59. The lowest BCUT2D eigenvalue weighted by Crippen LogP contribution is -2.64. The molecule has 0 radical (unpaired) electrons. The lowest BCUT2D eigenvalue weighted by Gasteiger charge is -2.46. The lowest BCUT2D eigenvalue weighted by atomic mass is 9.98. The molecule has 2 heterocycles. The van der Waals surface area contributed by atoms with E-state index in [9.17, 15) is 0 Å². The summed E-state index contributed by atoms with van der Waals surface area (Å²) >= 11 is 0. The Balaban J connectivity index is 2.05. The van der Waals surface area contributed by atoms with Crippen LogP contribution >= 0.6 is 0 Å². The Bertz CT molecular complexity index is 187. The van der Waals surface area contributed by atoms with Crippen LogP contribution in [0.15, 0.2) is 12.3 Å².